The summed E-state index contributed by atoms with van der Waals surface area (Å²) < 4.78 is 46.7. The zero-order valence-corrected chi connectivity index (χ0v) is 42.1. The van der Waals surface area contributed by atoms with Gasteiger partial charge in [0.1, 0.15) is 23.4 Å². The van der Waals surface area contributed by atoms with Crippen molar-refractivity contribution in [3.63, 3.8) is 0 Å². The van der Waals surface area contributed by atoms with Gasteiger partial charge in [-0.3, -0.25) is 38.5 Å². The molecule has 2 saturated heterocycles. The Morgan fingerprint density at radius 2 is 1.51 bits per heavy atom. The summed E-state index contributed by atoms with van der Waals surface area (Å²) in [6.07, 6.45) is -5.84. The zero-order chi connectivity index (χ0) is 53.6. The molecule has 2 fully saturated rings. The number of benzene rings is 3. The largest absolute Gasteiger partial charge is 0.484 e. The van der Waals surface area contributed by atoms with E-state index in [2.05, 4.69) is 31.6 Å². The van der Waals surface area contributed by atoms with Crippen molar-refractivity contribution in [1.29, 1.82) is 5.26 Å². The number of aliphatic hydroxyl groups is 1. The summed E-state index contributed by atoms with van der Waals surface area (Å²) in [6, 6.07) is 15.8. The van der Waals surface area contributed by atoms with E-state index in [4.69, 9.17) is 17.0 Å². The van der Waals surface area contributed by atoms with E-state index in [1.807, 2.05) is 31.2 Å². The van der Waals surface area contributed by atoms with E-state index < -0.39 is 114 Å². The molecule has 3 aromatic carbocycles. The van der Waals surface area contributed by atoms with Crippen molar-refractivity contribution < 1.29 is 56.6 Å². The minimum Gasteiger partial charge on any atom is -0.484 e. The molecular formula is C49H53F3N10O9S2. The SMILES string of the molecule is Cc1ncsc1-c1ccc(CNC(=O)[C@@H]2C[C@@H](O)CN2C(=O)C(NC(=O)CNC(=O)CNC(=O)CNC(=O)COc2ccc(N3C(=S)N(c4ccc(C#N)c(C(F)(F)F)c4)C(=O)C3(C)C)cc2)C(C)(C)C)cc1. The third-order valence-corrected chi connectivity index (χ3v) is 13.2. The Morgan fingerprint density at radius 3 is 2.08 bits per heavy atom. The molecule has 2 aliphatic heterocycles. The van der Waals surface area contributed by atoms with Crippen LogP contribution in [0.1, 0.15) is 63.4 Å². The number of amides is 7. The number of thiocarbonyl (C=S) groups is 1. The van der Waals surface area contributed by atoms with E-state index in [9.17, 15) is 57.1 Å². The molecule has 1 unspecified atom stereocenters. The number of nitriles is 1. The quantitative estimate of drug-likeness (QED) is 0.0830. The fourth-order valence-corrected chi connectivity index (χ4v) is 9.34. The number of nitrogens with one attached hydrogen (secondary N) is 5. The molecule has 0 radical (unpaired) electrons. The first-order valence-corrected chi connectivity index (χ1v) is 24.0. The van der Waals surface area contributed by atoms with Gasteiger partial charge in [0.05, 0.1) is 64.7 Å². The van der Waals surface area contributed by atoms with Crippen LogP contribution in [-0.2, 0) is 46.3 Å². The fraction of sp³-hybridized carbons (Fsp3) is 0.388. The second-order valence-corrected chi connectivity index (χ2v) is 19.9. The number of β-amino-alcohol motifs (C(OH)–C–C–N with tert-alkyl or cyclic N) is 1. The number of carbonyl (C=O) groups excluding carboxylic acids is 7. The molecule has 0 saturated carbocycles. The lowest BCUT2D eigenvalue weighted by Crippen LogP contribution is -2.58. The van der Waals surface area contributed by atoms with Crippen LogP contribution in [-0.4, -0.2) is 118 Å². The van der Waals surface area contributed by atoms with Crippen molar-refractivity contribution in [2.75, 3.05) is 42.6 Å². The molecule has 3 atom stereocenters. The zero-order valence-electron chi connectivity index (χ0n) is 40.5. The molecule has 0 spiro atoms. The number of ether oxygens (including phenoxy) is 1. The minimum atomic E-state index is -4.86. The van der Waals surface area contributed by atoms with Gasteiger partial charge >= 0.3 is 6.18 Å². The Balaban J connectivity index is 0.915. The average molecular weight is 1050 g/mol. The van der Waals surface area contributed by atoms with E-state index in [0.717, 1.165) is 32.7 Å². The fourth-order valence-electron chi connectivity index (χ4n) is 8.00. The summed E-state index contributed by atoms with van der Waals surface area (Å²) >= 11 is 7.09. The molecule has 73 heavy (non-hydrogen) atoms. The molecule has 0 bridgehead atoms. The summed E-state index contributed by atoms with van der Waals surface area (Å²) in [4.78, 5) is 100. The molecule has 7 amide bonds. The number of nitrogens with zero attached hydrogens (tertiary/aromatic N) is 5. The lowest BCUT2D eigenvalue weighted by molar-refractivity contribution is -0.144. The third-order valence-electron chi connectivity index (χ3n) is 11.9. The number of aromatic nitrogens is 1. The van der Waals surface area contributed by atoms with Crippen LogP contribution in [0.25, 0.3) is 10.4 Å². The number of halogens is 3. The average Bonchev–Trinajstić information content (AvgIpc) is 4.01. The van der Waals surface area contributed by atoms with Crippen molar-refractivity contribution >= 4 is 81.4 Å². The van der Waals surface area contributed by atoms with Crippen molar-refractivity contribution in [2.45, 2.75) is 84.4 Å². The van der Waals surface area contributed by atoms with Gasteiger partial charge in [-0.1, -0.05) is 45.0 Å². The minimum absolute atomic E-state index is 0.00364. The lowest BCUT2D eigenvalue weighted by atomic mass is 9.85. The molecular weight excluding hydrogens is 994 g/mol. The standard InChI is InChI=1S/C49H53F3N10O9S2/c1-27-41(73-26-58-27)29-9-7-28(8-10-29)20-57-43(68)36-18-33(63)24-60(36)44(69)42(47(2,3)4)59-39(66)23-55-37(64)21-54-38(65)22-56-40(67)25-71-34-15-13-31(14-16-34)62-46(72)61(45(70)48(62,5)6)32-12-11-30(19-53)35(17-32)49(50,51)52/h7-17,26,33,36,42,63H,18,20-25H2,1-6H3,(H,54,65)(H,55,64)(H,56,67)(H,57,68)(H,59,66)/t33-,36+,42?/m1/s1. The Morgan fingerprint density at radius 1 is 0.904 bits per heavy atom. The first-order valence-electron chi connectivity index (χ1n) is 22.7. The van der Waals surface area contributed by atoms with Gasteiger partial charge in [0, 0.05) is 25.2 Å². The molecule has 1 aromatic heterocycles. The van der Waals surface area contributed by atoms with Crippen LogP contribution < -0.4 is 41.1 Å². The van der Waals surface area contributed by atoms with E-state index in [1.54, 1.807) is 26.3 Å². The normalized spacial score (nSPS) is 16.9. The molecule has 6 rings (SSSR count). The van der Waals surface area contributed by atoms with Crippen molar-refractivity contribution in [3.05, 3.63) is 94.6 Å². The molecule has 4 aromatic rings. The van der Waals surface area contributed by atoms with Crippen molar-refractivity contribution in [2.24, 2.45) is 5.41 Å². The Hall–Kier alpha value is -7.49. The number of likely N-dealkylation sites (tertiary alicyclic amines) is 1. The van der Waals surface area contributed by atoms with Crippen LogP contribution >= 0.6 is 23.6 Å². The Labute approximate surface area is 427 Å². The summed E-state index contributed by atoms with van der Waals surface area (Å²) in [7, 11) is 0. The summed E-state index contributed by atoms with van der Waals surface area (Å²) in [5, 5.41) is 32.1. The number of thiazole rings is 1. The number of aryl methyl sites for hydroxylation is 1. The molecule has 19 nitrogen and oxygen atoms in total. The molecule has 6 N–H and O–H groups in total. The highest BCUT2D eigenvalue weighted by atomic mass is 32.1. The monoisotopic (exact) mass is 1050 g/mol. The van der Waals surface area contributed by atoms with Crippen LogP contribution in [0.2, 0.25) is 0 Å². The van der Waals surface area contributed by atoms with Gasteiger partial charge in [-0.15, -0.1) is 11.3 Å². The molecule has 3 heterocycles. The van der Waals surface area contributed by atoms with Crippen LogP contribution in [0, 0.1) is 23.7 Å². The molecule has 2 aliphatic rings. The molecule has 0 aliphatic carbocycles. The smallest absolute Gasteiger partial charge is 0.417 e. The number of alkyl halides is 3. The van der Waals surface area contributed by atoms with E-state index in [1.165, 1.54) is 71.4 Å². The number of rotatable bonds is 17. The first-order chi connectivity index (χ1) is 34.3. The molecule has 24 heteroatoms. The Kier molecular flexibility index (Phi) is 16.9. The predicted octanol–water partition coefficient (Wildman–Crippen LogP) is 3.46. The van der Waals surface area contributed by atoms with Gasteiger partial charge in [-0.25, -0.2) is 4.98 Å². The predicted molar refractivity (Wildman–Crippen MR) is 265 cm³/mol. The van der Waals surface area contributed by atoms with Crippen LogP contribution in [0.15, 0.2) is 72.2 Å². The van der Waals surface area contributed by atoms with Crippen molar-refractivity contribution in [3.8, 4) is 22.3 Å². The maximum absolute atomic E-state index is 14.0. The number of hydrogen-bond donors (Lipinski definition) is 6. The van der Waals surface area contributed by atoms with Gasteiger partial charge < -0.3 is 46.2 Å². The van der Waals surface area contributed by atoms with Gasteiger partial charge in [0.2, 0.25) is 29.5 Å². The van der Waals surface area contributed by atoms with Gasteiger partial charge in [0.25, 0.3) is 11.8 Å². The number of hydrogen-bond acceptors (Lipinski definition) is 13. The highest BCUT2D eigenvalue weighted by Gasteiger charge is 2.51. The number of anilines is 2. The van der Waals surface area contributed by atoms with E-state index >= 15 is 0 Å². The lowest BCUT2D eigenvalue weighted by Gasteiger charge is -2.35. The second kappa shape index (κ2) is 22.5. The first kappa shape index (κ1) is 54.8. The topological polar surface area (TPSA) is 255 Å². The van der Waals surface area contributed by atoms with Gasteiger partial charge in [0.15, 0.2) is 11.7 Å². The van der Waals surface area contributed by atoms with E-state index in [-0.39, 0.29) is 36.1 Å². The second-order valence-electron chi connectivity index (χ2n) is 18.7. The van der Waals surface area contributed by atoms with Crippen molar-refractivity contribution in [1.82, 2.24) is 36.5 Å². The van der Waals surface area contributed by atoms with Crippen LogP contribution in [0.3, 0.4) is 0 Å². The van der Waals surface area contributed by atoms with Crippen LogP contribution in [0.4, 0.5) is 24.5 Å². The summed E-state index contributed by atoms with van der Waals surface area (Å²) in [5.74, 6) is -4.41. The third kappa shape index (κ3) is 13.1. The van der Waals surface area contributed by atoms with Gasteiger partial charge in [-0.2, -0.15) is 18.4 Å². The highest BCUT2D eigenvalue weighted by molar-refractivity contribution is 7.81. The number of aliphatic hydroxyl groups excluding tert-OH is 1. The summed E-state index contributed by atoms with van der Waals surface area (Å²) in [6.45, 7) is 7.99. The van der Waals surface area contributed by atoms with E-state index in [0.29, 0.717) is 11.8 Å². The van der Waals surface area contributed by atoms with Gasteiger partial charge in [-0.05, 0) is 92.0 Å². The Bertz CT molecular complexity index is 2830. The summed E-state index contributed by atoms with van der Waals surface area (Å²) in [5.41, 5.74) is 0.694. The maximum Gasteiger partial charge on any atom is 0.417 e. The maximum atomic E-state index is 14.0. The molecule has 386 valence electrons. The van der Waals surface area contributed by atoms with Crippen LogP contribution in [0.5, 0.6) is 5.75 Å². The number of carbonyl (C=O) groups is 7. The highest BCUT2D eigenvalue weighted by Crippen LogP contribution is 2.40.